The van der Waals surface area contributed by atoms with E-state index in [1.54, 1.807) is 23.1 Å². The van der Waals surface area contributed by atoms with Gasteiger partial charge in [0.1, 0.15) is 0 Å². The van der Waals surface area contributed by atoms with E-state index < -0.39 is 0 Å². The molecule has 3 rings (SSSR count). The van der Waals surface area contributed by atoms with Gasteiger partial charge in [0.15, 0.2) is 8.68 Å². The van der Waals surface area contributed by atoms with Gasteiger partial charge in [-0.3, -0.25) is 4.79 Å². The van der Waals surface area contributed by atoms with Crippen LogP contribution in [0, 0.1) is 17.8 Å². The first-order valence-corrected chi connectivity index (χ1v) is 11.8. The second kappa shape index (κ2) is 8.90. The van der Waals surface area contributed by atoms with Crippen LogP contribution >= 0.6 is 34.9 Å². The molecule has 24 heavy (non-hydrogen) atoms. The van der Waals surface area contributed by atoms with Crippen molar-refractivity contribution in [2.45, 2.75) is 67.1 Å². The number of amides is 1. The highest BCUT2D eigenvalue weighted by Gasteiger charge is 2.42. The SMILES string of the molecule is CCCCSc1nnc(SCC(=O)N[C@@H](C)[C@@H]2C[C@H]3CC[C@H]2C3)s1. The third-order valence-corrected chi connectivity index (χ3v) is 8.54. The molecule has 0 unspecified atom stereocenters. The monoisotopic (exact) mass is 385 g/mol. The summed E-state index contributed by atoms with van der Waals surface area (Å²) in [4.78, 5) is 12.2. The van der Waals surface area contributed by atoms with Gasteiger partial charge in [-0.2, -0.15) is 0 Å². The summed E-state index contributed by atoms with van der Waals surface area (Å²) >= 11 is 4.88. The molecule has 2 aliphatic carbocycles. The predicted octanol–water partition coefficient (Wildman–Crippen LogP) is 4.46. The lowest BCUT2D eigenvalue weighted by molar-refractivity contribution is -0.119. The van der Waals surface area contributed by atoms with Crippen molar-refractivity contribution in [1.82, 2.24) is 15.5 Å². The van der Waals surface area contributed by atoms with Crippen LogP contribution in [-0.2, 0) is 4.79 Å². The molecule has 2 aliphatic rings. The van der Waals surface area contributed by atoms with Crippen molar-refractivity contribution in [3.8, 4) is 0 Å². The molecule has 2 saturated carbocycles. The van der Waals surface area contributed by atoms with E-state index in [1.807, 2.05) is 0 Å². The Morgan fingerprint density at radius 1 is 1.29 bits per heavy atom. The molecule has 7 heteroatoms. The Hall–Kier alpha value is -0.270. The van der Waals surface area contributed by atoms with Crippen LogP contribution in [0.2, 0.25) is 0 Å². The van der Waals surface area contributed by atoms with Crippen LogP contribution in [0.15, 0.2) is 8.68 Å². The molecular formula is C17H27N3OS3. The summed E-state index contributed by atoms with van der Waals surface area (Å²) in [6.07, 6.45) is 7.89. The Balaban J connectivity index is 1.38. The van der Waals surface area contributed by atoms with E-state index in [9.17, 15) is 4.79 Å². The smallest absolute Gasteiger partial charge is 0.230 e. The van der Waals surface area contributed by atoms with Crippen molar-refractivity contribution in [2.75, 3.05) is 11.5 Å². The summed E-state index contributed by atoms with van der Waals surface area (Å²) in [6, 6.07) is 0.308. The molecule has 1 aromatic heterocycles. The Morgan fingerprint density at radius 2 is 2.08 bits per heavy atom. The van der Waals surface area contributed by atoms with Crippen LogP contribution < -0.4 is 5.32 Å². The summed E-state index contributed by atoms with van der Waals surface area (Å²) in [6.45, 7) is 4.37. The van der Waals surface area contributed by atoms with Crippen LogP contribution in [0.25, 0.3) is 0 Å². The molecule has 4 atom stereocenters. The standard InChI is InChI=1S/C17H27N3OS3/c1-3-4-7-22-16-19-20-17(24-16)23-10-15(21)18-11(2)14-9-12-5-6-13(14)8-12/h11-14H,3-10H2,1-2H3,(H,18,21)/t11-,12-,13-,14-/m0/s1. The number of rotatable bonds is 9. The van der Waals surface area contributed by atoms with Crippen molar-refractivity contribution in [1.29, 1.82) is 0 Å². The van der Waals surface area contributed by atoms with Crippen LogP contribution in [0.4, 0.5) is 0 Å². The van der Waals surface area contributed by atoms with Gasteiger partial charge in [-0.1, -0.05) is 54.6 Å². The quantitative estimate of drug-likeness (QED) is 0.502. The van der Waals surface area contributed by atoms with Crippen molar-refractivity contribution < 1.29 is 4.79 Å². The van der Waals surface area contributed by atoms with Gasteiger partial charge in [0, 0.05) is 11.8 Å². The predicted molar refractivity (Wildman–Crippen MR) is 103 cm³/mol. The van der Waals surface area contributed by atoms with Crippen LogP contribution in [0.5, 0.6) is 0 Å². The third-order valence-electron chi connectivity index (χ3n) is 5.26. The second-order valence-corrected chi connectivity index (χ2v) is 10.6. The molecule has 1 amide bonds. The number of fused-ring (bicyclic) bond motifs is 2. The number of unbranched alkanes of at least 4 members (excludes halogenated alkanes) is 1. The van der Waals surface area contributed by atoms with E-state index in [-0.39, 0.29) is 5.91 Å². The van der Waals surface area contributed by atoms with Gasteiger partial charge in [0.25, 0.3) is 0 Å². The summed E-state index contributed by atoms with van der Waals surface area (Å²) in [5, 5.41) is 11.6. The molecule has 0 saturated heterocycles. The Morgan fingerprint density at radius 3 is 2.75 bits per heavy atom. The number of hydrogen-bond donors (Lipinski definition) is 1. The first-order valence-electron chi connectivity index (χ1n) is 9.04. The normalized spacial score (nSPS) is 26.7. The molecule has 134 valence electrons. The van der Waals surface area contributed by atoms with Gasteiger partial charge < -0.3 is 5.32 Å². The van der Waals surface area contributed by atoms with E-state index in [0.29, 0.717) is 17.7 Å². The number of carbonyl (C=O) groups excluding carboxylic acids is 1. The van der Waals surface area contributed by atoms with E-state index in [4.69, 9.17) is 0 Å². The lowest BCUT2D eigenvalue weighted by Crippen LogP contribution is -2.40. The topological polar surface area (TPSA) is 54.9 Å². The zero-order valence-electron chi connectivity index (χ0n) is 14.5. The number of nitrogens with one attached hydrogen (secondary N) is 1. The van der Waals surface area contributed by atoms with Gasteiger partial charge >= 0.3 is 0 Å². The largest absolute Gasteiger partial charge is 0.353 e. The van der Waals surface area contributed by atoms with Crippen molar-refractivity contribution in [3.63, 3.8) is 0 Å². The van der Waals surface area contributed by atoms with Crippen LogP contribution in [0.3, 0.4) is 0 Å². The number of thioether (sulfide) groups is 2. The third kappa shape index (κ3) is 4.88. The highest BCUT2D eigenvalue weighted by atomic mass is 32.2. The maximum atomic E-state index is 12.2. The molecule has 0 radical (unpaired) electrons. The molecule has 1 N–H and O–H groups in total. The zero-order chi connectivity index (χ0) is 16.9. The number of carbonyl (C=O) groups is 1. The second-order valence-electron chi connectivity index (χ2n) is 7.02. The van der Waals surface area contributed by atoms with Crippen molar-refractivity contribution in [3.05, 3.63) is 0 Å². The lowest BCUT2D eigenvalue weighted by Gasteiger charge is -2.28. The van der Waals surface area contributed by atoms with E-state index in [0.717, 1.165) is 26.3 Å². The fourth-order valence-electron chi connectivity index (χ4n) is 4.05. The molecular weight excluding hydrogens is 358 g/mol. The fraction of sp³-hybridized carbons (Fsp3) is 0.824. The molecule has 0 aromatic carbocycles. The summed E-state index contributed by atoms with van der Waals surface area (Å²) < 4.78 is 1.92. The van der Waals surface area contributed by atoms with Crippen molar-refractivity contribution in [2.24, 2.45) is 17.8 Å². The lowest BCUT2D eigenvalue weighted by atomic mass is 9.84. The average molecular weight is 386 g/mol. The Labute approximate surface area is 157 Å². The van der Waals surface area contributed by atoms with Gasteiger partial charge in [-0.15, -0.1) is 10.2 Å². The number of hydrogen-bond acceptors (Lipinski definition) is 6. The van der Waals surface area contributed by atoms with Crippen LogP contribution in [-0.4, -0.2) is 33.7 Å². The molecule has 1 aromatic rings. The zero-order valence-corrected chi connectivity index (χ0v) is 16.9. The average Bonchev–Trinajstić information content (AvgIpc) is 3.30. The summed E-state index contributed by atoms with van der Waals surface area (Å²) in [5.74, 6) is 4.14. The molecule has 4 nitrogen and oxygen atoms in total. The van der Waals surface area contributed by atoms with E-state index in [2.05, 4.69) is 29.4 Å². The van der Waals surface area contributed by atoms with Crippen LogP contribution in [0.1, 0.15) is 52.4 Å². The minimum absolute atomic E-state index is 0.130. The molecule has 1 heterocycles. The summed E-state index contributed by atoms with van der Waals surface area (Å²) in [7, 11) is 0. The van der Waals surface area contributed by atoms with Gasteiger partial charge in [-0.05, 0) is 50.4 Å². The van der Waals surface area contributed by atoms with E-state index in [1.165, 1.54) is 50.3 Å². The highest BCUT2D eigenvalue weighted by molar-refractivity contribution is 8.03. The van der Waals surface area contributed by atoms with Gasteiger partial charge in [0.05, 0.1) is 5.75 Å². The first-order chi connectivity index (χ1) is 11.7. The number of aromatic nitrogens is 2. The number of nitrogens with zero attached hydrogens (tertiary/aromatic N) is 2. The molecule has 2 fully saturated rings. The first kappa shape index (κ1) is 18.5. The highest BCUT2D eigenvalue weighted by Crippen LogP contribution is 2.49. The molecule has 0 aliphatic heterocycles. The Kier molecular flexibility index (Phi) is 6.87. The van der Waals surface area contributed by atoms with Crippen molar-refractivity contribution >= 4 is 40.8 Å². The molecule has 2 bridgehead atoms. The van der Waals surface area contributed by atoms with E-state index >= 15 is 0 Å². The maximum Gasteiger partial charge on any atom is 0.230 e. The minimum atomic E-state index is 0.130. The maximum absolute atomic E-state index is 12.2. The Bertz CT molecular complexity index is 551. The molecule has 0 spiro atoms. The van der Waals surface area contributed by atoms with Gasteiger partial charge in [-0.25, -0.2) is 0 Å². The minimum Gasteiger partial charge on any atom is -0.353 e. The summed E-state index contributed by atoms with van der Waals surface area (Å²) in [5.41, 5.74) is 0. The van der Waals surface area contributed by atoms with Gasteiger partial charge in [0.2, 0.25) is 5.91 Å². The fourth-order valence-corrected chi connectivity index (χ4v) is 7.04.